The molecule has 0 saturated carbocycles. The molecule has 2 aliphatic rings. The van der Waals surface area contributed by atoms with Crippen molar-refractivity contribution in [2.24, 2.45) is 5.92 Å². The van der Waals surface area contributed by atoms with E-state index in [1.165, 1.54) is 0 Å². The number of fused-ring (bicyclic) bond motifs is 2. The summed E-state index contributed by atoms with van der Waals surface area (Å²) in [5, 5.41) is 10.3. The van der Waals surface area contributed by atoms with Crippen LogP contribution in [0.15, 0.2) is 0 Å². The molecule has 2 unspecified atom stereocenters. The van der Waals surface area contributed by atoms with Crippen molar-refractivity contribution < 1.29 is 9.84 Å². The van der Waals surface area contributed by atoms with E-state index < -0.39 is 5.60 Å². The van der Waals surface area contributed by atoms with Crippen LogP contribution >= 0.6 is 0 Å². The molecule has 0 aromatic rings. The molecule has 13 heavy (non-hydrogen) atoms. The Balaban J connectivity index is 1.99. The molecular formula is C11H20O2. The lowest BCUT2D eigenvalue weighted by Crippen LogP contribution is -2.41. The van der Waals surface area contributed by atoms with Crippen LogP contribution in [0.3, 0.4) is 0 Å². The second-order valence-corrected chi connectivity index (χ2v) is 5.19. The third-order valence-electron chi connectivity index (χ3n) is 3.20. The van der Waals surface area contributed by atoms with E-state index in [1.807, 2.05) is 0 Å². The summed E-state index contributed by atoms with van der Waals surface area (Å²) in [6.45, 7) is 4.35. The van der Waals surface area contributed by atoms with Crippen LogP contribution in [0.4, 0.5) is 0 Å². The lowest BCUT2D eigenvalue weighted by molar-refractivity contribution is -0.118. The van der Waals surface area contributed by atoms with E-state index in [4.69, 9.17) is 4.74 Å². The minimum Gasteiger partial charge on any atom is -0.390 e. The summed E-state index contributed by atoms with van der Waals surface area (Å²) in [6, 6.07) is 0. The van der Waals surface area contributed by atoms with Crippen molar-refractivity contribution in [2.75, 3.05) is 0 Å². The van der Waals surface area contributed by atoms with Gasteiger partial charge in [-0.1, -0.05) is 13.8 Å². The average molecular weight is 184 g/mol. The molecule has 2 heterocycles. The fourth-order valence-electron chi connectivity index (χ4n) is 2.94. The fraction of sp³-hybridized carbons (Fsp3) is 1.00. The van der Waals surface area contributed by atoms with Crippen LogP contribution < -0.4 is 0 Å². The molecule has 0 aromatic heterocycles. The predicted molar refractivity (Wildman–Crippen MR) is 51.5 cm³/mol. The Kier molecular flexibility index (Phi) is 2.37. The van der Waals surface area contributed by atoms with Crippen LogP contribution in [-0.2, 0) is 4.74 Å². The molecule has 2 fully saturated rings. The van der Waals surface area contributed by atoms with Gasteiger partial charge in [0.25, 0.3) is 0 Å². The highest BCUT2D eigenvalue weighted by molar-refractivity contribution is 4.94. The van der Waals surface area contributed by atoms with Gasteiger partial charge in [0.1, 0.15) is 0 Å². The SMILES string of the molecule is CC(C)CC1(O)CC2CCC(C1)O2. The van der Waals surface area contributed by atoms with Gasteiger partial charge < -0.3 is 9.84 Å². The molecule has 2 rings (SSSR count). The van der Waals surface area contributed by atoms with E-state index in [9.17, 15) is 5.11 Å². The van der Waals surface area contributed by atoms with E-state index in [-0.39, 0.29) is 0 Å². The van der Waals surface area contributed by atoms with Gasteiger partial charge in [-0.25, -0.2) is 0 Å². The number of aliphatic hydroxyl groups is 1. The zero-order chi connectivity index (χ0) is 9.47. The topological polar surface area (TPSA) is 29.5 Å². The van der Waals surface area contributed by atoms with Crippen molar-refractivity contribution in [3.8, 4) is 0 Å². The Labute approximate surface area is 80.3 Å². The van der Waals surface area contributed by atoms with Gasteiger partial charge in [0.2, 0.25) is 0 Å². The average Bonchev–Trinajstić information content (AvgIpc) is 2.27. The fourth-order valence-corrected chi connectivity index (χ4v) is 2.94. The molecule has 0 aliphatic carbocycles. The van der Waals surface area contributed by atoms with Crippen LogP contribution in [0.25, 0.3) is 0 Å². The maximum atomic E-state index is 10.3. The van der Waals surface area contributed by atoms with Crippen molar-refractivity contribution in [1.29, 1.82) is 0 Å². The second kappa shape index (κ2) is 3.25. The van der Waals surface area contributed by atoms with Gasteiger partial charge in [-0.3, -0.25) is 0 Å². The normalized spacial score (nSPS) is 44.3. The van der Waals surface area contributed by atoms with Crippen LogP contribution in [0, 0.1) is 5.92 Å². The molecule has 0 aromatic carbocycles. The van der Waals surface area contributed by atoms with Gasteiger partial charge >= 0.3 is 0 Å². The highest BCUT2D eigenvalue weighted by atomic mass is 16.5. The summed E-state index contributed by atoms with van der Waals surface area (Å²) in [5.74, 6) is 0.586. The molecule has 2 saturated heterocycles. The van der Waals surface area contributed by atoms with E-state index in [2.05, 4.69) is 13.8 Å². The van der Waals surface area contributed by atoms with Gasteiger partial charge in [0.15, 0.2) is 0 Å². The Hall–Kier alpha value is -0.0800. The lowest BCUT2D eigenvalue weighted by atomic mass is 9.83. The highest BCUT2D eigenvalue weighted by Crippen LogP contribution is 2.41. The first-order valence-corrected chi connectivity index (χ1v) is 5.45. The number of hydrogen-bond acceptors (Lipinski definition) is 2. The van der Waals surface area contributed by atoms with Crippen LogP contribution in [0.5, 0.6) is 0 Å². The zero-order valence-corrected chi connectivity index (χ0v) is 8.62. The minimum absolute atomic E-state index is 0.350. The van der Waals surface area contributed by atoms with E-state index in [1.54, 1.807) is 0 Å². The molecule has 1 N–H and O–H groups in total. The molecule has 2 aliphatic heterocycles. The third-order valence-corrected chi connectivity index (χ3v) is 3.20. The largest absolute Gasteiger partial charge is 0.390 e. The molecule has 2 heteroatoms. The van der Waals surface area contributed by atoms with E-state index >= 15 is 0 Å². The van der Waals surface area contributed by atoms with Crippen molar-refractivity contribution in [2.45, 2.75) is 63.8 Å². The Morgan fingerprint density at radius 2 is 1.85 bits per heavy atom. The molecule has 0 amide bonds. The van der Waals surface area contributed by atoms with E-state index in [0.29, 0.717) is 18.1 Å². The molecule has 0 radical (unpaired) electrons. The predicted octanol–water partition coefficient (Wildman–Crippen LogP) is 2.10. The van der Waals surface area contributed by atoms with E-state index in [0.717, 1.165) is 32.1 Å². The van der Waals surface area contributed by atoms with Gasteiger partial charge in [0, 0.05) is 12.8 Å². The van der Waals surface area contributed by atoms with Gasteiger partial charge in [-0.05, 0) is 25.2 Å². The number of rotatable bonds is 2. The highest BCUT2D eigenvalue weighted by Gasteiger charge is 2.43. The van der Waals surface area contributed by atoms with Crippen LogP contribution in [0.1, 0.15) is 46.0 Å². The monoisotopic (exact) mass is 184 g/mol. The maximum absolute atomic E-state index is 10.3. The Bertz CT molecular complexity index is 177. The zero-order valence-electron chi connectivity index (χ0n) is 8.62. The standard InChI is InChI=1S/C11H20O2/c1-8(2)5-11(12)6-9-3-4-10(7-11)13-9/h8-10,12H,3-7H2,1-2H3. The van der Waals surface area contributed by atoms with Crippen molar-refractivity contribution in [3.05, 3.63) is 0 Å². The van der Waals surface area contributed by atoms with Gasteiger partial charge in [0.05, 0.1) is 17.8 Å². The Morgan fingerprint density at radius 3 is 2.31 bits per heavy atom. The number of ether oxygens (including phenoxy) is 1. The molecular weight excluding hydrogens is 164 g/mol. The molecule has 2 bridgehead atoms. The molecule has 2 atom stereocenters. The smallest absolute Gasteiger partial charge is 0.0699 e. The number of hydrogen-bond donors (Lipinski definition) is 1. The van der Waals surface area contributed by atoms with Crippen molar-refractivity contribution in [3.63, 3.8) is 0 Å². The Morgan fingerprint density at radius 1 is 1.31 bits per heavy atom. The lowest BCUT2D eigenvalue weighted by Gasteiger charge is -2.37. The summed E-state index contributed by atoms with van der Waals surface area (Å²) >= 11 is 0. The van der Waals surface area contributed by atoms with Crippen LogP contribution in [-0.4, -0.2) is 22.9 Å². The van der Waals surface area contributed by atoms with Gasteiger partial charge in [-0.15, -0.1) is 0 Å². The summed E-state index contributed by atoms with van der Waals surface area (Å²) in [4.78, 5) is 0. The first-order valence-electron chi connectivity index (χ1n) is 5.45. The first kappa shape index (κ1) is 9.47. The van der Waals surface area contributed by atoms with Crippen molar-refractivity contribution >= 4 is 0 Å². The third kappa shape index (κ3) is 2.05. The van der Waals surface area contributed by atoms with Crippen LogP contribution in [0.2, 0.25) is 0 Å². The summed E-state index contributed by atoms with van der Waals surface area (Å²) in [7, 11) is 0. The first-order chi connectivity index (χ1) is 6.07. The summed E-state index contributed by atoms with van der Waals surface area (Å²) < 4.78 is 5.71. The molecule has 0 spiro atoms. The molecule has 76 valence electrons. The summed E-state index contributed by atoms with van der Waals surface area (Å²) in [6.07, 6.45) is 5.67. The van der Waals surface area contributed by atoms with Gasteiger partial charge in [-0.2, -0.15) is 0 Å². The second-order valence-electron chi connectivity index (χ2n) is 5.19. The minimum atomic E-state index is -0.418. The summed E-state index contributed by atoms with van der Waals surface area (Å²) in [5.41, 5.74) is -0.418. The maximum Gasteiger partial charge on any atom is 0.0699 e. The molecule has 2 nitrogen and oxygen atoms in total. The van der Waals surface area contributed by atoms with Crippen molar-refractivity contribution in [1.82, 2.24) is 0 Å². The quantitative estimate of drug-likeness (QED) is 0.712.